The number of rotatable bonds is 3. The van der Waals surface area contributed by atoms with Crippen LogP contribution in [0.25, 0.3) is 0 Å². The standard InChI is InChI=1S/C14H18O2/c1-9-3-7-13(15)11(9)5-6-12-10(2)4-8-14(12)16/h3-8H2,1-2H3. The molecule has 16 heavy (non-hydrogen) atoms. The average Bonchev–Trinajstić information content (AvgIpc) is 2.72. The third-order valence-corrected chi connectivity index (χ3v) is 3.78. The molecule has 0 amide bonds. The molecule has 0 heterocycles. The second-order valence-electron chi connectivity index (χ2n) is 4.86. The van der Waals surface area contributed by atoms with Gasteiger partial charge < -0.3 is 0 Å². The largest absolute Gasteiger partial charge is 0.295 e. The lowest BCUT2D eigenvalue weighted by atomic mass is 9.99. The maximum Gasteiger partial charge on any atom is 0.159 e. The molecule has 2 aliphatic rings. The Morgan fingerprint density at radius 3 is 1.38 bits per heavy atom. The molecule has 0 bridgehead atoms. The highest BCUT2D eigenvalue weighted by atomic mass is 16.1. The van der Waals surface area contributed by atoms with Crippen LogP contribution < -0.4 is 0 Å². The summed E-state index contributed by atoms with van der Waals surface area (Å²) in [7, 11) is 0. The second kappa shape index (κ2) is 4.36. The third-order valence-electron chi connectivity index (χ3n) is 3.78. The van der Waals surface area contributed by atoms with Gasteiger partial charge in [0, 0.05) is 12.8 Å². The lowest BCUT2D eigenvalue weighted by Gasteiger charge is -2.04. The molecule has 0 fully saturated rings. The molecule has 0 N–H and O–H groups in total. The van der Waals surface area contributed by atoms with Crippen LogP contribution in [0.1, 0.15) is 52.4 Å². The van der Waals surface area contributed by atoms with Gasteiger partial charge in [-0.25, -0.2) is 0 Å². The minimum Gasteiger partial charge on any atom is -0.295 e. The van der Waals surface area contributed by atoms with E-state index in [2.05, 4.69) is 0 Å². The predicted molar refractivity (Wildman–Crippen MR) is 63.1 cm³/mol. The van der Waals surface area contributed by atoms with Crippen molar-refractivity contribution in [2.24, 2.45) is 0 Å². The van der Waals surface area contributed by atoms with Gasteiger partial charge >= 0.3 is 0 Å². The normalized spacial score (nSPS) is 21.6. The average molecular weight is 218 g/mol. The van der Waals surface area contributed by atoms with Gasteiger partial charge in [-0.1, -0.05) is 11.1 Å². The van der Waals surface area contributed by atoms with Crippen molar-refractivity contribution >= 4 is 11.6 Å². The van der Waals surface area contributed by atoms with Gasteiger partial charge in [0.2, 0.25) is 0 Å². The van der Waals surface area contributed by atoms with Crippen molar-refractivity contribution < 1.29 is 9.59 Å². The smallest absolute Gasteiger partial charge is 0.159 e. The van der Waals surface area contributed by atoms with E-state index in [0.717, 1.165) is 36.8 Å². The van der Waals surface area contributed by atoms with Gasteiger partial charge in [0.15, 0.2) is 11.6 Å². The first kappa shape index (κ1) is 11.3. The quantitative estimate of drug-likeness (QED) is 0.729. The Labute approximate surface area is 96.4 Å². The summed E-state index contributed by atoms with van der Waals surface area (Å²) in [6, 6.07) is 0. The van der Waals surface area contributed by atoms with E-state index >= 15 is 0 Å². The van der Waals surface area contributed by atoms with E-state index in [1.165, 1.54) is 11.1 Å². The van der Waals surface area contributed by atoms with E-state index in [-0.39, 0.29) is 0 Å². The van der Waals surface area contributed by atoms with Gasteiger partial charge in [0.05, 0.1) is 0 Å². The van der Waals surface area contributed by atoms with Gasteiger partial charge in [-0.05, 0) is 50.7 Å². The van der Waals surface area contributed by atoms with E-state index in [9.17, 15) is 9.59 Å². The second-order valence-corrected chi connectivity index (χ2v) is 4.86. The minimum atomic E-state index is 0.293. The molecule has 0 unspecified atom stereocenters. The maximum atomic E-state index is 11.6. The summed E-state index contributed by atoms with van der Waals surface area (Å²) in [5.41, 5.74) is 4.43. The first-order valence-electron chi connectivity index (χ1n) is 6.03. The van der Waals surface area contributed by atoms with Crippen LogP contribution in [0.4, 0.5) is 0 Å². The molecule has 2 heteroatoms. The van der Waals surface area contributed by atoms with Crippen molar-refractivity contribution in [3.63, 3.8) is 0 Å². The molecule has 0 aromatic heterocycles. The SMILES string of the molecule is CC1=C(CCC2=C(C)CCC2=O)C(=O)CC1. The fourth-order valence-electron chi connectivity index (χ4n) is 2.64. The topological polar surface area (TPSA) is 34.1 Å². The van der Waals surface area contributed by atoms with Crippen molar-refractivity contribution in [2.75, 3.05) is 0 Å². The zero-order valence-electron chi connectivity index (χ0n) is 10.1. The number of carbonyl (C=O) groups excluding carboxylic acids is 2. The number of hydrogen-bond donors (Lipinski definition) is 0. The van der Waals surface area contributed by atoms with Crippen molar-refractivity contribution in [1.82, 2.24) is 0 Å². The number of hydrogen-bond acceptors (Lipinski definition) is 2. The lowest BCUT2D eigenvalue weighted by Crippen LogP contribution is -2.01. The third kappa shape index (κ3) is 2.01. The molecule has 2 nitrogen and oxygen atoms in total. The van der Waals surface area contributed by atoms with Crippen molar-refractivity contribution in [1.29, 1.82) is 0 Å². The first-order chi connectivity index (χ1) is 7.59. The molecule has 0 aromatic carbocycles. The Morgan fingerprint density at radius 2 is 1.12 bits per heavy atom. The lowest BCUT2D eigenvalue weighted by molar-refractivity contribution is -0.116. The van der Waals surface area contributed by atoms with Crippen LogP contribution in [-0.2, 0) is 9.59 Å². The first-order valence-corrected chi connectivity index (χ1v) is 6.03. The molecule has 0 spiro atoms. The Hall–Kier alpha value is -1.18. The molecule has 0 saturated carbocycles. The monoisotopic (exact) mass is 218 g/mol. The highest BCUT2D eigenvalue weighted by Gasteiger charge is 2.23. The highest BCUT2D eigenvalue weighted by molar-refractivity contribution is 6.00. The molecule has 0 atom stereocenters. The molecule has 0 radical (unpaired) electrons. The summed E-state index contributed by atoms with van der Waals surface area (Å²) < 4.78 is 0. The molecular weight excluding hydrogens is 200 g/mol. The molecule has 86 valence electrons. The van der Waals surface area contributed by atoms with Gasteiger partial charge in [-0.2, -0.15) is 0 Å². The number of ketones is 2. The fourth-order valence-corrected chi connectivity index (χ4v) is 2.64. The molecule has 0 aromatic rings. The van der Waals surface area contributed by atoms with E-state index in [4.69, 9.17) is 0 Å². The molecule has 2 rings (SSSR count). The van der Waals surface area contributed by atoms with E-state index in [1.54, 1.807) is 0 Å². The van der Waals surface area contributed by atoms with Gasteiger partial charge in [-0.3, -0.25) is 9.59 Å². The summed E-state index contributed by atoms with van der Waals surface area (Å²) >= 11 is 0. The zero-order chi connectivity index (χ0) is 11.7. The number of carbonyl (C=O) groups is 2. The van der Waals surface area contributed by atoms with Crippen LogP contribution in [0.5, 0.6) is 0 Å². The Balaban J connectivity index is 2.03. The summed E-state index contributed by atoms with van der Waals surface area (Å²) in [5, 5.41) is 0. The molecule has 2 aliphatic carbocycles. The molecular formula is C14H18O2. The van der Waals surface area contributed by atoms with Gasteiger partial charge in [0.1, 0.15) is 0 Å². The number of allylic oxidation sites excluding steroid dienone is 4. The molecule has 0 saturated heterocycles. The zero-order valence-corrected chi connectivity index (χ0v) is 10.1. The molecule has 0 aliphatic heterocycles. The Bertz CT molecular complexity index is 370. The minimum absolute atomic E-state index is 0.293. The van der Waals surface area contributed by atoms with Crippen LogP contribution in [0.15, 0.2) is 22.3 Å². The van der Waals surface area contributed by atoms with Crippen LogP contribution in [0.2, 0.25) is 0 Å². The summed E-state index contributed by atoms with van der Waals surface area (Å²) in [6.45, 7) is 4.08. The predicted octanol–water partition coefficient (Wildman–Crippen LogP) is 3.13. The Kier molecular flexibility index (Phi) is 3.08. The van der Waals surface area contributed by atoms with E-state index in [0.29, 0.717) is 24.4 Å². The summed E-state index contributed by atoms with van der Waals surface area (Å²) in [5.74, 6) is 0.586. The van der Waals surface area contributed by atoms with Crippen molar-refractivity contribution in [2.45, 2.75) is 52.4 Å². The maximum absolute atomic E-state index is 11.6. The highest BCUT2D eigenvalue weighted by Crippen LogP contribution is 2.31. The van der Waals surface area contributed by atoms with Crippen molar-refractivity contribution in [3.8, 4) is 0 Å². The fraction of sp³-hybridized carbons (Fsp3) is 0.571. The van der Waals surface area contributed by atoms with Crippen LogP contribution in [-0.4, -0.2) is 11.6 Å². The Morgan fingerprint density at radius 1 is 0.750 bits per heavy atom. The summed E-state index contributed by atoms with van der Waals surface area (Å²) in [4.78, 5) is 23.2. The van der Waals surface area contributed by atoms with E-state index in [1.807, 2.05) is 13.8 Å². The van der Waals surface area contributed by atoms with E-state index < -0.39 is 0 Å². The number of Topliss-reactive ketones (excluding diaryl/α,β-unsaturated/α-hetero) is 2. The van der Waals surface area contributed by atoms with Crippen molar-refractivity contribution in [3.05, 3.63) is 22.3 Å². The van der Waals surface area contributed by atoms with Gasteiger partial charge in [-0.15, -0.1) is 0 Å². The van der Waals surface area contributed by atoms with Crippen LogP contribution >= 0.6 is 0 Å². The van der Waals surface area contributed by atoms with Crippen LogP contribution in [0, 0.1) is 0 Å². The van der Waals surface area contributed by atoms with Crippen LogP contribution in [0.3, 0.4) is 0 Å². The van der Waals surface area contributed by atoms with Gasteiger partial charge in [0.25, 0.3) is 0 Å². The summed E-state index contributed by atoms with van der Waals surface area (Å²) in [6.07, 6.45) is 4.72.